The fourth-order valence-corrected chi connectivity index (χ4v) is 3.07. The molecule has 3 rings (SSSR count). The van der Waals surface area contributed by atoms with Crippen molar-refractivity contribution in [1.82, 2.24) is 9.55 Å². The van der Waals surface area contributed by atoms with Gasteiger partial charge in [0.05, 0.1) is 16.7 Å². The Morgan fingerprint density at radius 2 is 2.00 bits per heavy atom. The van der Waals surface area contributed by atoms with E-state index in [1.54, 1.807) is 0 Å². The normalized spacial score (nSPS) is 11.1. The van der Waals surface area contributed by atoms with Gasteiger partial charge >= 0.3 is 0 Å². The molecule has 4 heteroatoms. The molecule has 1 aromatic heterocycles. The molecule has 0 fully saturated rings. The van der Waals surface area contributed by atoms with Crippen molar-refractivity contribution in [2.24, 2.45) is 0 Å². The molecule has 3 aromatic rings. The zero-order valence-electron chi connectivity index (χ0n) is 11.3. The summed E-state index contributed by atoms with van der Waals surface area (Å²) in [6.07, 6.45) is 2.03. The maximum atomic E-state index is 5.88. The second-order valence-corrected chi connectivity index (χ2v) is 5.98. The average molecular weight is 377 g/mol. The minimum atomic E-state index is 0.757. The molecule has 2 N–H and O–H groups in total. The Bertz CT molecular complexity index is 762. The van der Waals surface area contributed by atoms with Gasteiger partial charge in [-0.3, -0.25) is 4.57 Å². The predicted octanol–water partition coefficient (Wildman–Crippen LogP) is 4.16. The minimum Gasteiger partial charge on any atom is -0.399 e. The number of hydrogen-bond donors (Lipinski definition) is 1. The second kappa shape index (κ2) is 5.44. The van der Waals surface area contributed by atoms with Crippen LogP contribution in [0, 0.1) is 3.57 Å². The van der Waals surface area contributed by atoms with Crippen molar-refractivity contribution in [1.29, 1.82) is 0 Å². The second-order valence-electron chi connectivity index (χ2n) is 4.81. The van der Waals surface area contributed by atoms with Gasteiger partial charge in [-0.05, 0) is 59.3 Å². The van der Waals surface area contributed by atoms with Crippen molar-refractivity contribution >= 4 is 39.3 Å². The van der Waals surface area contributed by atoms with Gasteiger partial charge in [0.1, 0.15) is 5.82 Å². The molecule has 20 heavy (non-hydrogen) atoms. The first-order valence-corrected chi connectivity index (χ1v) is 7.80. The Kier molecular flexibility index (Phi) is 3.65. The highest BCUT2D eigenvalue weighted by Crippen LogP contribution is 2.26. The van der Waals surface area contributed by atoms with Crippen LogP contribution in [-0.2, 0) is 6.42 Å². The van der Waals surface area contributed by atoms with Gasteiger partial charge in [-0.25, -0.2) is 4.98 Å². The molecule has 0 radical (unpaired) electrons. The van der Waals surface area contributed by atoms with Crippen LogP contribution in [-0.4, -0.2) is 9.55 Å². The highest BCUT2D eigenvalue weighted by molar-refractivity contribution is 14.1. The first-order chi connectivity index (χ1) is 9.70. The quantitative estimate of drug-likeness (QED) is 0.550. The summed E-state index contributed by atoms with van der Waals surface area (Å²) in [4.78, 5) is 4.76. The molecule has 0 aliphatic rings. The number of hydrogen-bond acceptors (Lipinski definition) is 2. The van der Waals surface area contributed by atoms with Crippen LogP contribution in [0.3, 0.4) is 0 Å². The van der Waals surface area contributed by atoms with Crippen molar-refractivity contribution in [3.63, 3.8) is 0 Å². The number of nitrogen functional groups attached to an aromatic ring is 1. The molecule has 0 atom stereocenters. The number of anilines is 1. The minimum absolute atomic E-state index is 0.757. The third-order valence-corrected chi connectivity index (χ3v) is 4.23. The summed E-state index contributed by atoms with van der Waals surface area (Å²) in [6, 6.07) is 14.3. The predicted molar refractivity (Wildman–Crippen MR) is 92.2 cm³/mol. The van der Waals surface area contributed by atoms with E-state index in [0.717, 1.165) is 35.4 Å². The maximum absolute atomic E-state index is 5.88. The van der Waals surface area contributed by atoms with Gasteiger partial charge in [-0.2, -0.15) is 0 Å². The number of imidazole rings is 1. The standard InChI is InChI=1S/C16H16IN3/c1-2-5-16-19-13-10-11(18)8-9-15(13)20(16)14-7-4-3-6-12(14)17/h3-4,6-10H,2,5,18H2,1H3. The Hall–Kier alpha value is -1.56. The van der Waals surface area contributed by atoms with Gasteiger partial charge in [-0.1, -0.05) is 19.1 Å². The fraction of sp³-hybridized carbons (Fsp3) is 0.188. The molecule has 0 aliphatic carbocycles. The first kappa shape index (κ1) is 13.4. The van der Waals surface area contributed by atoms with E-state index in [1.165, 1.54) is 9.26 Å². The van der Waals surface area contributed by atoms with Gasteiger partial charge in [0.15, 0.2) is 0 Å². The molecular formula is C16H16IN3. The first-order valence-electron chi connectivity index (χ1n) is 6.72. The molecule has 0 amide bonds. The highest BCUT2D eigenvalue weighted by Gasteiger charge is 2.13. The van der Waals surface area contributed by atoms with Crippen molar-refractivity contribution in [3.05, 3.63) is 51.9 Å². The molecule has 0 unspecified atom stereocenters. The number of rotatable bonds is 3. The van der Waals surface area contributed by atoms with Gasteiger partial charge in [0, 0.05) is 15.7 Å². The summed E-state index contributed by atoms with van der Waals surface area (Å²) >= 11 is 2.37. The van der Waals surface area contributed by atoms with E-state index < -0.39 is 0 Å². The van der Waals surface area contributed by atoms with Gasteiger partial charge in [-0.15, -0.1) is 0 Å². The number of fused-ring (bicyclic) bond motifs is 1. The molecule has 0 bridgehead atoms. The fourth-order valence-electron chi connectivity index (χ4n) is 2.44. The van der Waals surface area contributed by atoms with Crippen LogP contribution in [0.1, 0.15) is 19.2 Å². The van der Waals surface area contributed by atoms with Crippen LogP contribution in [0.15, 0.2) is 42.5 Å². The topological polar surface area (TPSA) is 43.8 Å². The number of para-hydroxylation sites is 1. The van der Waals surface area contributed by atoms with Crippen LogP contribution in [0.5, 0.6) is 0 Å². The van der Waals surface area contributed by atoms with Crippen LogP contribution in [0.2, 0.25) is 0 Å². The summed E-state index contributed by atoms with van der Waals surface area (Å²) in [5.74, 6) is 1.09. The smallest absolute Gasteiger partial charge is 0.114 e. The lowest BCUT2D eigenvalue weighted by atomic mass is 10.2. The van der Waals surface area contributed by atoms with Crippen molar-refractivity contribution in [2.75, 3.05) is 5.73 Å². The molecule has 0 saturated heterocycles. The largest absolute Gasteiger partial charge is 0.399 e. The lowest BCUT2D eigenvalue weighted by molar-refractivity contribution is 0.817. The third kappa shape index (κ3) is 2.28. The van der Waals surface area contributed by atoms with Crippen molar-refractivity contribution in [3.8, 4) is 5.69 Å². The van der Waals surface area contributed by atoms with E-state index in [2.05, 4.69) is 64.4 Å². The number of aryl methyl sites for hydroxylation is 1. The van der Waals surface area contributed by atoms with E-state index in [1.807, 2.05) is 12.1 Å². The van der Waals surface area contributed by atoms with Crippen molar-refractivity contribution in [2.45, 2.75) is 19.8 Å². The number of nitrogens with zero attached hydrogens (tertiary/aromatic N) is 2. The molecular weight excluding hydrogens is 361 g/mol. The molecule has 0 spiro atoms. The number of halogens is 1. The van der Waals surface area contributed by atoms with Crippen molar-refractivity contribution < 1.29 is 0 Å². The van der Waals surface area contributed by atoms with Crippen LogP contribution >= 0.6 is 22.6 Å². The van der Waals surface area contributed by atoms with Gasteiger partial charge in [0.2, 0.25) is 0 Å². The highest BCUT2D eigenvalue weighted by atomic mass is 127. The van der Waals surface area contributed by atoms with Gasteiger partial charge < -0.3 is 5.73 Å². The molecule has 102 valence electrons. The summed E-state index contributed by atoms with van der Waals surface area (Å²) < 4.78 is 3.47. The van der Waals surface area contributed by atoms with E-state index in [-0.39, 0.29) is 0 Å². The number of nitrogens with two attached hydrogens (primary N) is 1. The zero-order valence-corrected chi connectivity index (χ0v) is 13.5. The molecule has 0 aliphatic heterocycles. The molecule has 2 aromatic carbocycles. The number of benzene rings is 2. The van der Waals surface area contributed by atoms with E-state index in [4.69, 9.17) is 10.7 Å². The summed E-state index contributed by atoms with van der Waals surface area (Å²) in [5, 5.41) is 0. The average Bonchev–Trinajstić information content (AvgIpc) is 2.77. The molecule has 1 heterocycles. The lowest BCUT2D eigenvalue weighted by Crippen LogP contribution is -2.02. The summed E-state index contributed by atoms with van der Waals surface area (Å²) in [5.41, 5.74) is 9.90. The SMILES string of the molecule is CCCc1nc2cc(N)ccc2n1-c1ccccc1I. The van der Waals surface area contributed by atoms with E-state index in [0.29, 0.717) is 0 Å². The summed E-state index contributed by atoms with van der Waals surface area (Å²) in [6.45, 7) is 2.17. The molecule has 3 nitrogen and oxygen atoms in total. The van der Waals surface area contributed by atoms with E-state index >= 15 is 0 Å². The number of aromatic nitrogens is 2. The van der Waals surface area contributed by atoms with Crippen LogP contribution < -0.4 is 5.73 Å². The van der Waals surface area contributed by atoms with Crippen LogP contribution in [0.25, 0.3) is 16.7 Å². The zero-order chi connectivity index (χ0) is 14.1. The van der Waals surface area contributed by atoms with Gasteiger partial charge in [0.25, 0.3) is 0 Å². The lowest BCUT2D eigenvalue weighted by Gasteiger charge is -2.10. The maximum Gasteiger partial charge on any atom is 0.114 e. The Morgan fingerprint density at radius 1 is 1.20 bits per heavy atom. The Labute approximate surface area is 132 Å². The van der Waals surface area contributed by atoms with E-state index in [9.17, 15) is 0 Å². The Balaban J connectivity index is 2.32. The molecule has 0 saturated carbocycles. The third-order valence-electron chi connectivity index (χ3n) is 3.31. The Morgan fingerprint density at radius 3 is 2.75 bits per heavy atom. The summed E-state index contributed by atoms with van der Waals surface area (Å²) in [7, 11) is 0. The van der Waals surface area contributed by atoms with Crippen LogP contribution in [0.4, 0.5) is 5.69 Å². The monoisotopic (exact) mass is 377 g/mol.